The molecule has 1 fully saturated rings. The first-order chi connectivity index (χ1) is 13.5. The Morgan fingerprint density at radius 2 is 2.11 bits per heavy atom. The quantitative estimate of drug-likeness (QED) is 0.764. The van der Waals surface area contributed by atoms with Crippen molar-refractivity contribution in [2.45, 2.75) is 39.2 Å². The summed E-state index contributed by atoms with van der Waals surface area (Å²) in [4.78, 5) is 32.0. The van der Waals surface area contributed by atoms with Crippen molar-refractivity contribution in [1.82, 2.24) is 9.88 Å². The molecule has 148 valence electrons. The molecule has 2 atom stereocenters. The number of carbonyl (C=O) groups is 2. The predicted octanol–water partition coefficient (Wildman–Crippen LogP) is 2.76. The van der Waals surface area contributed by atoms with Crippen molar-refractivity contribution in [2.24, 2.45) is 5.92 Å². The van der Waals surface area contributed by atoms with Gasteiger partial charge in [-0.15, -0.1) is 0 Å². The maximum absolute atomic E-state index is 13.0. The van der Waals surface area contributed by atoms with Crippen molar-refractivity contribution in [3.63, 3.8) is 0 Å². The minimum absolute atomic E-state index is 0.00560. The van der Waals surface area contributed by atoms with E-state index in [9.17, 15) is 9.59 Å². The summed E-state index contributed by atoms with van der Waals surface area (Å²) < 4.78 is 11.0. The second-order valence-corrected chi connectivity index (χ2v) is 7.87. The van der Waals surface area contributed by atoms with Gasteiger partial charge in [-0.05, 0) is 43.7 Å². The monoisotopic (exact) mass is 382 g/mol. The van der Waals surface area contributed by atoms with Gasteiger partial charge in [-0.3, -0.25) is 9.78 Å². The molecule has 0 spiro atoms. The molecule has 0 N–H and O–H groups in total. The maximum Gasteiger partial charge on any atom is 0.339 e. The second-order valence-electron chi connectivity index (χ2n) is 7.87. The first-order valence-electron chi connectivity index (χ1n) is 10.00. The molecule has 1 saturated heterocycles. The largest absolute Gasteiger partial charge is 0.452 e. The summed E-state index contributed by atoms with van der Waals surface area (Å²) in [7, 11) is 0. The third kappa shape index (κ3) is 3.74. The van der Waals surface area contributed by atoms with Crippen LogP contribution in [0.5, 0.6) is 0 Å². The Labute approximate surface area is 164 Å². The maximum atomic E-state index is 13.0. The number of amides is 1. The van der Waals surface area contributed by atoms with Gasteiger partial charge < -0.3 is 14.4 Å². The van der Waals surface area contributed by atoms with E-state index in [2.05, 4.69) is 6.92 Å². The van der Waals surface area contributed by atoms with Gasteiger partial charge in [0, 0.05) is 24.2 Å². The SMILES string of the molecule is CC1CCc2nc3ccccc3c(C(=O)OCC(=O)N3CCOC(C)C3)c2C1. The number of esters is 1. The molecule has 1 aliphatic heterocycles. The number of para-hydroxylation sites is 1. The molecule has 2 heterocycles. The molecule has 2 aromatic rings. The van der Waals surface area contributed by atoms with Gasteiger partial charge in [0.1, 0.15) is 0 Å². The molecule has 6 heteroatoms. The fraction of sp³-hybridized carbons (Fsp3) is 0.500. The van der Waals surface area contributed by atoms with Crippen LogP contribution < -0.4 is 0 Å². The third-order valence-corrected chi connectivity index (χ3v) is 5.63. The summed E-state index contributed by atoms with van der Waals surface area (Å²) in [5, 5.41) is 0.799. The van der Waals surface area contributed by atoms with Crippen molar-refractivity contribution in [2.75, 3.05) is 26.3 Å². The number of morpholine rings is 1. The third-order valence-electron chi connectivity index (χ3n) is 5.63. The van der Waals surface area contributed by atoms with Gasteiger partial charge in [-0.25, -0.2) is 4.79 Å². The molecule has 1 amide bonds. The van der Waals surface area contributed by atoms with Gasteiger partial charge in [0.05, 0.1) is 23.8 Å². The number of benzene rings is 1. The lowest BCUT2D eigenvalue weighted by Crippen LogP contribution is -2.46. The minimum atomic E-state index is -0.432. The number of aromatic nitrogens is 1. The van der Waals surface area contributed by atoms with Gasteiger partial charge in [-0.1, -0.05) is 25.1 Å². The molecule has 0 radical (unpaired) electrons. The second kappa shape index (κ2) is 7.87. The molecule has 2 aliphatic rings. The Morgan fingerprint density at radius 3 is 2.93 bits per heavy atom. The zero-order valence-corrected chi connectivity index (χ0v) is 16.4. The Kier molecular flexibility index (Phi) is 5.31. The molecule has 0 saturated carbocycles. The van der Waals surface area contributed by atoms with E-state index in [1.807, 2.05) is 31.2 Å². The van der Waals surface area contributed by atoms with Crippen LogP contribution in [0.25, 0.3) is 10.9 Å². The van der Waals surface area contributed by atoms with Crippen LogP contribution >= 0.6 is 0 Å². The molecule has 2 unspecified atom stereocenters. The molecule has 0 bridgehead atoms. The van der Waals surface area contributed by atoms with E-state index in [4.69, 9.17) is 14.5 Å². The Bertz CT molecular complexity index is 911. The number of nitrogens with zero attached hydrogens (tertiary/aromatic N) is 2. The Morgan fingerprint density at radius 1 is 1.29 bits per heavy atom. The van der Waals surface area contributed by atoms with Gasteiger partial charge in [0.15, 0.2) is 6.61 Å². The average Bonchev–Trinajstić information content (AvgIpc) is 2.70. The Hall–Kier alpha value is -2.47. The van der Waals surface area contributed by atoms with E-state index in [-0.39, 0.29) is 18.6 Å². The fourth-order valence-electron chi connectivity index (χ4n) is 4.13. The molecule has 1 aromatic heterocycles. The molecular weight excluding hydrogens is 356 g/mol. The lowest BCUT2D eigenvalue weighted by molar-refractivity contribution is -0.141. The topological polar surface area (TPSA) is 68.7 Å². The summed E-state index contributed by atoms with van der Waals surface area (Å²) in [6.07, 6.45) is 2.75. The number of aryl methyl sites for hydroxylation is 1. The van der Waals surface area contributed by atoms with Crippen LogP contribution in [-0.2, 0) is 27.1 Å². The van der Waals surface area contributed by atoms with Crippen LogP contribution in [0.4, 0.5) is 0 Å². The first kappa shape index (κ1) is 18.9. The number of ether oxygens (including phenoxy) is 2. The number of hydrogen-bond acceptors (Lipinski definition) is 5. The summed E-state index contributed by atoms with van der Waals surface area (Å²) >= 11 is 0. The zero-order valence-electron chi connectivity index (χ0n) is 16.4. The molecular formula is C22H26N2O4. The van der Waals surface area contributed by atoms with Gasteiger partial charge in [0.25, 0.3) is 5.91 Å². The van der Waals surface area contributed by atoms with E-state index < -0.39 is 5.97 Å². The zero-order chi connectivity index (χ0) is 19.7. The molecule has 28 heavy (non-hydrogen) atoms. The average molecular weight is 382 g/mol. The lowest BCUT2D eigenvalue weighted by Gasteiger charge is -2.31. The van der Waals surface area contributed by atoms with E-state index in [1.54, 1.807) is 4.90 Å². The Balaban J connectivity index is 1.58. The highest BCUT2D eigenvalue weighted by molar-refractivity contribution is 6.05. The summed E-state index contributed by atoms with van der Waals surface area (Å²) in [6.45, 7) is 5.46. The number of rotatable bonds is 3. The van der Waals surface area contributed by atoms with Crippen LogP contribution in [0.2, 0.25) is 0 Å². The number of hydrogen-bond donors (Lipinski definition) is 0. The van der Waals surface area contributed by atoms with Crippen molar-refractivity contribution >= 4 is 22.8 Å². The molecule has 6 nitrogen and oxygen atoms in total. The minimum Gasteiger partial charge on any atom is -0.452 e. The van der Waals surface area contributed by atoms with Crippen LogP contribution in [0, 0.1) is 5.92 Å². The highest BCUT2D eigenvalue weighted by atomic mass is 16.5. The van der Waals surface area contributed by atoms with E-state index in [0.29, 0.717) is 31.2 Å². The molecule has 1 aliphatic carbocycles. The fourth-order valence-corrected chi connectivity index (χ4v) is 4.13. The summed E-state index contributed by atoms with van der Waals surface area (Å²) in [5.41, 5.74) is 3.35. The number of pyridine rings is 1. The van der Waals surface area contributed by atoms with Crippen molar-refractivity contribution in [1.29, 1.82) is 0 Å². The summed E-state index contributed by atoms with van der Waals surface area (Å²) in [6, 6.07) is 7.65. The van der Waals surface area contributed by atoms with Crippen LogP contribution in [-0.4, -0.2) is 54.2 Å². The lowest BCUT2D eigenvalue weighted by atomic mass is 9.84. The van der Waals surface area contributed by atoms with Crippen LogP contribution in [0.15, 0.2) is 24.3 Å². The molecule has 4 rings (SSSR count). The van der Waals surface area contributed by atoms with Crippen LogP contribution in [0.3, 0.4) is 0 Å². The summed E-state index contributed by atoms with van der Waals surface area (Å²) in [5.74, 6) is -0.110. The number of carbonyl (C=O) groups excluding carboxylic acids is 2. The predicted molar refractivity (Wildman–Crippen MR) is 105 cm³/mol. The van der Waals surface area contributed by atoms with Crippen molar-refractivity contribution in [3.8, 4) is 0 Å². The van der Waals surface area contributed by atoms with Gasteiger partial charge in [-0.2, -0.15) is 0 Å². The highest BCUT2D eigenvalue weighted by Gasteiger charge is 2.27. The van der Waals surface area contributed by atoms with E-state index in [1.165, 1.54) is 0 Å². The van der Waals surface area contributed by atoms with Crippen molar-refractivity contribution < 1.29 is 19.1 Å². The first-order valence-corrected chi connectivity index (χ1v) is 10.00. The van der Waals surface area contributed by atoms with E-state index >= 15 is 0 Å². The van der Waals surface area contributed by atoms with Crippen LogP contribution in [0.1, 0.15) is 41.9 Å². The standard InChI is InChI=1S/C22H26N2O4/c1-14-7-8-19-17(11-14)21(16-5-3-4-6-18(16)23-19)22(26)28-13-20(25)24-9-10-27-15(2)12-24/h3-6,14-15H,7-13H2,1-2H3. The van der Waals surface area contributed by atoms with E-state index in [0.717, 1.165) is 41.4 Å². The number of fused-ring (bicyclic) bond motifs is 2. The normalized spacial score (nSPS) is 22.0. The molecule has 1 aromatic carbocycles. The smallest absolute Gasteiger partial charge is 0.339 e. The van der Waals surface area contributed by atoms with Gasteiger partial charge in [0.2, 0.25) is 0 Å². The van der Waals surface area contributed by atoms with Gasteiger partial charge >= 0.3 is 5.97 Å². The highest BCUT2D eigenvalue weighted by Crippen LogP contribution is 2.32. The van der Waals surface area contributed by atoms with Crippen molar-refractivity contribution in [3.05, 3.63) is 41.1 Å².